The van der Waals surface area contributed by atoms with Crippen molar-refractivity contribution in [3.8, 4) is 5.75 Å². The van der Waals surface area contributed by atoms with Crippen molar-refractivity contribution in [3.05, 3.63) is 69.2 Å². The fraction of sp³-hybridized carbons (Fsp3) is 0.0769. The van der Waals surface area contributed by atoms with E-state index in [1.54, 1.807) is 36.4 Å². The van der Waals surface area contributed by atoms with Crippen molar-refractivity contribution in [2.75, 3.05) is 0 Å². The lowest BCUT2D eigenvalue weighted by atomic mass is 10.2. The van der Waals surface area contributed by atoms with Crippen LogP contribution in [0.2, 0.25) is 5.02 Å². The maximum Gasteiger partial charge on any atom is 0.269 e. The van der Waals surface area contributed by atoms with Gasteiger partial charge in [-0.3, -0.25) is 10.1 Å². The summed E-state index contributed by atoms with van der Waals surface area (Å²) in [7, 11) is 0. The summed E-state index contributed by atoms with van der Waals surface area (Å²) in [5.41, 5.74) is 0.932. The van der Waals surface area contributed by atoms with Crippen molar-refractivity contribution < 1.29 is 9.66 Å². The molecule has 0 saturated carbocycles. The molecule has 0 atom stereocenters. The first kappa shape index (κ1) is 12.4. The highest BCUT2D eigenvalue weighted by Gasteiger charge is 2.04. The van der Waals surface area contributed by atoms with Gasteiger partial charge in [0, 0.05) is 17.2 Å². The summed E-state index contributed by atoms with van der Waals surface area (Å²) in [6.07, 6.45) is 0. The molecule has 4 nitrogen and oxygen atoms in total. The van der Waals surface area contributed by atoms with Crippen LogP contribution >= 0.6 is 11.6 Å². The molecule has 92 valence electrons. The van der Waals surface area contributed by atoms with Gasteiger partial charge in [-0.1, -0.05) is 17.7 Å². The van der Waals surface area contributed by atoms with Gasteiger partial charge in [-0.2, -0.15) is 0 Å². The second kappa shape index (κ2) is 5.51. The van der Waals surface area contributed by atoms with Crippen LogP contribution in [0.25, 0.3) is 0 Å². The van der Waals surface area contributed by atoms with Crippen LogP contribution in [0.1, 0.15) is 5.56 Å². The lowest BCUT2D eigenvalue weighted by Gasteiger charge is -2.06. The van der Waals surface area contributed by atoms with E-state index in [-0.39, 0.29) is 5.69 Å². The Balaban J connectivity index is 2.00. The van der Waals surface area contributed by atoms with Crippen LogP contribution in [-0.2, 0) is 6.61 Å². The molecular weight excluding hydrogens is 254 g/mol. The fourth-order valence-corrected chi connectivity index (χ4v) is 1.62. The first-order valence-electron chi connectivity index (χ1n) is 5.27. The molecule has 0 saturated heterocycles. The first-order chi connectivity index (χ1) is 8.65. The second-order valence-corrected chi connectivity index (χ2v) is 4.11. The molecule has 2 aromatic rings. The summed E-state index contributed by atoms with van der Waals surface area (Å²) in [6.45, 7) is 0.346. The third kappa shape index (κ3) is 3.21. The van der Waals surface area contributed by atoms with Gasteiger partial charge in [-0.05, 0) is 35.9 Å². The van der Waals surface area contributed by atoms with Gasteiger partial charge in [-0.25, -0.2) is 0 Å². The van der Waals surface area contributed by atoms with Crippen molar-refractivity contribution in [3.63, 3.8) is 0 Å². The van der Waals surface area contributed by atoms with E-state index in [2.05, 4.69) is 0 Å². The quantitative estimate of drug-likeness (QED) is 0.622. The largest absolute Gasteiger partial charge is 0.489 e. The van der Waals surface area contributed by atoms with Gasteiger partial charge in [0.2, 0.25) is 0 Å². The average Bonchev–Trinajstić information content (AvgIpc) is 2.37. The van der Waals surface area contributed by atoms with E-state index in [1.165, 1.54) is 12.1 Å². The number of halogens is 1. The standard InChI is InChI=1S/C13H10ClNO3/c14-11-2-1-3-13(8-11)18-9-10-4-6-12(7-5-10)15(16)17/h1-8H,9H2. The molecule has 18 heavy (non-hydrogen) atoms. The maximum absolute atomic E-state index is 10.5. The normalized spacial score (nSPS) is 10.1. The van der Waals surface area contributed by atoms with Crippen LogP contribution in [0.3, 0.4) is 0 Å². The van der Waals surface area contributed by atoms with Crippen LogP contribution in [0.15, 0.2) is 48.5 Å². The molecule has 0 radical (unpaired) electrons. The van der Waals surface area contributed by atoms with Crippen LogP contribution in [0.4, 0.5) is 5.69 Å². The Labute approximate surface area is 109 Å². The third-order valence-electron chi connectivity index (χ3n) is 2.35. The van der Waals surface area contributed by atoms with Gasteiger partial charge in [0.15, 0.2) is 0 Å². The molecular formula is C13H10ClNO3. The number of ether oxygens (including phenoxy) is 1. The second-order valence-electron chi connectivity index (χ2n) is 3.67. The molecule has 5 heteroatoms. The van der Waals surface area contributed by atoms with Crippen molar-refractivity contribution in [1.29, 1.82) is 0 Å². The van der Waals surface area contributed by atoms with Gasteiger partial charge in [-0.15, -0.1) is 0 Å². The van der Waals surface area contributed by atoms with E-state index in [0.29, 0.717) is 17.4 Å². The van der Waals surface area contributed by atoms with Crippen molar-refractivity contribution >= 4 is 17.3 Å². The van der Waals surface area contributed by atoms with E-state index in [9.17, 15) is 10.1 Å². The summed E-state index contributed by atoms with van der Waals surface area (Å²) < 4.78 is 5.52. The zero-order valence-electron chi connectivity index (χ0n) is 9.38. The summed E-state index contributed by atoms with van der Waals surface area (Å²) in [5.74, 6) is 0.667. The van der Waals surface area contributed by atoms with Gasteiger partial charge in [0.1, 0.15) is 12.4 Å². The smallest absolute Gasteiger partial charge is 0.269 e. The van der Waals surface area contributed by atoms with Crippen LogP contribution in [-0.4, -0.2) is 4.92 Å². The minimum absolute atomic E-state index is 0.0708. The summed E-state index contributed by atoms with van der Waals surface area (Å²) in [6, 6.07) is 13.3. The first-order valence-corrected chi connectivity index (χ1v) is 5.64. The van der Waals surface area contributed by atoms with E-state index in [0.717, 1.165) is 5.56 Å². The van der Waals surface area contributed by atoms with E-state index >= 15 is 0 Å². The zero-order valence-corrected chi connectivity index (χ0v) is 10.1. The Kier molecular flexibility index (Phi) is 3.79. The molecule has 0 amide bonds. The van der Waals surface area contributed by atoms with Crippen molar-refractivity contribution in [2.24, 2.45) is 0 Å². The lowest BCUT2D eigenvalue weighted by molar-refractivity contribution is -0.384. The molecule has 0 fully saturated rings. The average molecular weight is 264 g/mol. The molecule has 2 rings (SSSR count). The Morgan fingerprint density at radius 1 is 1.17 bits per heavy atom. The summed E-state index contributed by atoms with van der Waals surface area (Å²) in [4.78, 5) is 10.1. The number of rotatable bonds is 4. The number of hydrogen-bond donors (Lipinski definition) is 0. The molecule has 0 unspecified atom stereocenters. The van der Waals surface area contributed by atoms with Crippen molar-refractivity contribution in [1.82, 2.24) is 0 Å². The van der Waals surface area contributed by atoms with Gasteiger partial charge < -0.3 is 4.74 Å². The number of nitro groups is 1. The molecule has 0 aliphatic heterocycles. The van der Waals surface area contributed by atoms with Gasteiger partial charge in [0.05, 0.1) is 4.92 Å². The highest BCUT2D eigenvalue weighted by atomic mass is 35.5. The van der Waals surface area contributed by atoms with Crippen LogP contribution in [0.5, 0.6) is 5.75 Å². The highest BCUT2D eigenvalue weighted by Crippen LogP contribution is 2.19. The molecule has 0 aliphatic rings. The number of nitrogens with zero attached hydrogens (tertiary/aromatic N) is 1. The molecule has 0 aliphatic carbocycles. The topological polar surface area (TPSA) is 52.4 Å². The monoisotopic (exact) mass is 263 g/mol. The Morgan fingerprint density at radius 3 is 2.50 bits per heavy atom. The summed E-state index contributed by atoms with van der Waals surface area (Å²) >= 11 is 5.83. The molecule has 2 aromatic carbocycles. The SMILES string of the molecule is O=[N+]([O-])c1ccc(COc2cccc(Cl)c2)cc1. The third-order valence-corrected chi connectivity index (χ3v) is 2.58. The Bertz CT molecular complexity index is 554. The Morgan fingerprint density at radius 2 is 1.89 bits per heavy atom. The maximum atomic E-state index is 10.5. The number of non-ortho nitro benzene ring substituents is 1. The fourth-order valence-electron chi connectivity index (χ4n) is 1.44. The number of benzene rings is 2. The Hall–Kier alpha value is -2.07. The van der Waals surface area contributed by atoms with E-state index in [4.69, 9.17) is 16.3 Å². The van der Waals surface area contributed by atoms with Crippen LogP contribution < -0.4 is 4.74 Å². The highest BCUT2D eigenvalue weighted by molar-refractivity contribution is 6.30. The molecule has 0 aromatic heterocycles. The zero-order chi connectivity index (χ0) is 13.0. The minimum Gasteiger partial charge on any atom is -0.489 e. The molecule has 0 N–H and O–H groups in total. The van der Waals surface area contributed by atoms with Gasteiger partial charge >= 0.3 is 0 Å². The van der Waals surface area contributed by atoms with Gasteiger partial charge in [0.25, 0.3) is 5.69 Å². The predicted octanol–water partition coefficient (Wildman–Crippen LogP) is 3.83. The lowest BCUT2D eigenvalue weighted by Crippen LogP contribution is -1.95. The van der Waals surface area contributed by atoms with E-state index < -0.39 is 4.92 Å². The molecule has 0 heterocycles. The van der Waals surface area contributed by atoms with Crippen molar-refractivity contribution in [2.45, 2.75) is 6.61 Å². The van der Waals surface area contributed by atoms with Crippen LogP contribution in [0, 0.1) is 10.1 Å². The number of hydrogen-bond acceptors (Lipinski definition) is 3. The predicted molar refractivity (Wildman–Crippen MR) is 68.9 cm³/mol. The number of nitro benzene ring substituents is 1. The molecule has 0 bridgehead atoms. The minimum atomic E-state index is -0.429. The van der Waals surface area contributed by atoms with E-state index in [1.807, 2.05) is 0 Å². The molecule has 0 spiro atoms. The summed E-state index contributed by atoms with van der Waals surface area (Å²) in [5, 5.41) is 11.1.